The number of alkyl halides is 3. The Bertz CT molecular complexity index is 595. The lowest BCUT2D eigenvalue weighted by molar-refractivity contribution is -0.143. The van der Waals surface area contributed by atoms with Crippen LogP contribution in [0.25, 0.3) is 0 Å². The van der Waals surface area contributed by atoms with Gasteiger partial charge in [-0.25, -0.2) is 4.98 Å². The van der Waals surface area contributed by atoms with Crippen molar-refractivity contribution in [3.8, 4) is 5.88 Å². The molecule has 2 heterocycles. The molecule has 1 unspecified atom stereocenters. The molecule has 0 spiro atoms. The summed E-state index contributed by atoms with van der Waals surface area (Å²) in [7, 11) is 1.63. The van der Waals surface area contributed by atoms with E-state index < -0.39 is 12.7 Å². The molecule has 1 aromatic heterocycles. The number of aromatic nitrogens is 1. The highest BCUT2D eigenvalue weighted by atomic mass is 127. The largest absolute Gasteiger partial charge is 0.475 e. The summed E-state index contributed by atoms with van der Waals surface area (Å²) in [5.74, 6) is 1.13. The molecule has 154 valence electrons. The topological polar surface area (TPSA) is 61.8 Å². The Morgan fingerprint density at radius 1 is 1.41 bits per heavy atom. The molecule has 0 radical (unpaired) electrons. The van der Waals surface area contributed by atoms with Gasteiger partial charge in [-0.1, -0.05) is 6.07 Å². The van der Waals surface area contributed by atoms with Crippen LogP contribution in [0.1, 0.15) is 25.8 Å². The molecular formula is C17H27F3IN5O. The van der Waals surface area contributed by atoms with Gasteiger partial charge in [0.2, 0.25) is 5.88 Å². The Morgan fingerprint density at radius 2 is 2.15 bits per heavy atom. The number of hydrogen-bond acceptors (Lipinski definition) is 4. The van der Waals surface area contributed by atoms with Crippen LogP contribution in [0.4, 0.5) is 13.2 Å². The highest BCUT2D eigenvalue weighted by Gasteiger charge is 2.34. The van der Waals surface area contributed by atoms with Crippen LogP contribution in [-0.4, -0.2) is 60.8 Å². The maximum Gasteiger partial charge on any atom is 0.401 e. The van der Waals surface area contributed by atoms with Crippen molar-refractivity contribution < 1.29 is 17.9 Å². The van der Waals surface area contributed by atoms with Crippen molar-refractivity contribution in [1.82, 2.24) is 20.5 Å². The summed E-state index contributed by atoms with van der Waals surface area (Å²) in [6, 6.07) is 3.66. The summed E-state index contributed by atoms with van der Waals surface area (Å²) >= 11 is 0. The minimum Gasteiger partial charge on any atom is -0.475 e. The third-order valence-corrected chi connectivity index (χ3v) is 3.85. The average molecular weight is 501 g/mol. The molecule has 27 heavy (non-hydrogen) atoms. The number of likely N-dealkylation sites (tertiary alicyclic amines) is 1. The van der Waals surface area contributed by atoms with E-state index in [9.17, 15) is 13.2 Å². The zero-order valence-electron chi connectivity index (χ0n) is 15.7. The van der Waals surface area contributed by atoms with Crippen molar-refractivity contribution >= 4 is 29.9 Å². The predicted octanol–water partition coefficient (Wildman–Crippen LogP) is 2.79. The normalized spacial score (nSPS) is 18.3. The summed E-state index contributed by atoms with van der Waals surface area (Å²) in [5.41, 5.74) is 0.953. The van der Waals surface area contributed by atoms with Crippen molar-refractivity contribution in [3.05, 3.63) is 23.9 Å². The fraction of sp³-hybridized carbons (Fsp3) is 0.647. The van der Waals surface area contributed by atoms with Gasteiger partial charge in [-0.3, -0.25) is 9.89 Å². The second-order valence-electron chi connectivity index (χ2n) is 6.58. The van der Waals surface area contributed by atoms with Crippen molar-refractivity contribution in [1.29, 1.82) is 0 Å². The molecule has 0 aliphatic carbocycles. The van der Waals surface area contributed by atoms with E-state index in [1.807, 2.05) is 19.9 Å². The van der Waals surface area contributed by atoms with E-state index in [0.29, 0.717) is 37.9 Å². The molecule has 1 aliphatic heterocycles. The molecular weight excluding hydrogens is 474 g/mol. The molecule has 1 atom stereocenters. The number of hydrogen-bond donors (Lipinski definition) is 2. The molecule has 0 aromatic carbocycles. The Kier molecular flexibility index (Phi) is 9.57. The summed E-state index contributed by atoms with van der Waals surface area (Å²) in [4.78, 5) is 9.77. The summed E-state index contributed by atoms with van der Waals surface area (Å²) in [6.45, 7) is 4.29. The Morgan fingerprint density at radius 3 is 2.70 bits per heavy atom. The zero-order valence-corrected chi connectivity index (χ0v) is 18.0. The lowest BCUT2D eigenvalue weighted by Crippen LogP contribution is -2.44. The number of guanidine groups is 1. The fourth-order valence-corrected chi connectivity index (χ4v) is 2.75. The number of ether oxygens (including phenoxy) is 1. The highest BCUT2D eigenvalue weighted by molar-refractivity contribution is 14.0. The SMILES string of the molecule is CN=C(NCc1ccc(OC(C)C)nc1)NC1CCN(CC(F)(F)F)C1.I. The molecule has 1 aromatic rings. The van der Waals surface area contributed by atoms with E-state index in [1.54, 1.807) is 19.3 Å². The summed E-state index contributed by atoms with van der Waals surface area (Å²) in [6.07, 6.45) is -1.72. The Hall–Kier alpha value is -1.30. The van der Waals surface area contributed by atoms with Gasteiger partial charge in [0, 0.05) is 45.0 Å². The van der Waals surface area contributed by atoms with Gasteiger partial charge < -0.3 is 15.4 Å². The molecule has 0 amide bonds. The van der Waals surface area contributed by atoms with Crippen LogP contribution in [0, 0.1) is 0 Å². The molecule has 0 bridgehead atoms. The Labute approximate surface area is 175 Å². The lowest BCUT2D eigenvalue weighted by Gasteiger charge is -2.19. The van der Waals surface area contributed by atoms with E-state index in [2.05, 4.69) is 20.6 Å². The van der Waals surface area contributed by atoms with Crippen LogP contribution >= 0.6 is 24.0 Å². The van der Waals surface area contributed by atoms with Crippen LogP contribution in [0.15, 0.2) is 23.3 Å². The van der Waals surface area contributed by atoms with E-state index >= 15 is 0 Å². The van der Waals surface area contributed by atoms with Crippen LogP contribution in [0.2, 0.25) is 0 Å². The van der Waals surface area contributed by atoms with Gasteiger partial charge in [0.1, 0.15) is 0 Å². The van der Waals surface area contributed by atoms with Crippen LogP contribution < -0.4 is 15.4 Å². The number of nitrogens with zero attached hydrogens (tertiary/aromatic N) is 3. The van der Waals surface area contributed by atoms with E-state index in [4.69, 9.17) is 4.74 Å². The van der Waals surface area contributed by atoms with Gasteiger partial charge in [-0.05, 0) is 25.8 Å². The fourth-order valence-electron chi connectivity index (χ4n) is 2.75. The molecule has 6 nitrogen and oxygen atoms in total. The summed E-state index contributed by atoms with van der Waals surface area (Å²) in [5, 5.41) is 6.33. The minimum atomic E-state index is -4.16. The first kappa shape index (κ1) is 23.7. The van der Waals surface area contributed by atoms with E-state index in [1.165, 1.54) is 4.90 Å². The predicted molar refractivity (Wildman–Crippen MR) is 110 cm³/mol. The second kappa shape index (κ2) is 10.9. The van der Waals surface area contributed by atoms with Crippen molar-refractivity contribution in [2.24, 2.45) is 4.99 Å². The quantitative estimate of drug-likeness (QED) is 0.357. The Balaban J connectivity index is 0.00000364. The van der Waals surface area contributed by atoms with Crippen LogP contribution in [0.5, 0.6) is 5.88 Å². The molecule has 2 rings (SSSR count). The second-order valence-corrected chi connectivity index (χ2v) is 6.58. The third-order valence-electron chi connectivity index (χ3n) is 3.85. The van der Waals surface area contributed by atoms with Gasteiger partial charge in [0.15, 0.2) is 5.96 Å². The van der Waals surface area contributed by atoms with Crippen molar-refractivity contribution in [2.45, 2.75) is 45.1 Å². The maximum absolute atomic E-state index is 12.5. The number of aliphatic imine (C=N–C) groups is 1. The molecule has 1 fully saturated rings. The minimum absolute atomic E-state index is 0. The van der Waals surface area contributed by atoms with E-state index in [0.717, 1.165) is 5.56 Å². The van der Waals surface area contributed by atoms with Crippen molar-refractivity contribution in [2.75, 3.05) is 26.7 Å². The molecule has 0 saturated carbocycles. The number of halogens is 4. The van der Waals surface area contributed by atoms with Gasteiger partial charge in [-0.15, -0.1) is 24.0 Å². The van der Waals surface area contributed by atoms with Crippen LogP contribution in [-0.2, 0) is 6.54 Å². The lowest BCUT2D eigenvalue weighted by atomic mass is 10.2. The molecule has 1 saturated heterocycles. The maximum atomic E-state index is 12.5. The number of rotatable bonds is 6. The van der Waals surface area contributed by atoms with Gasteiger partial charge in [0.25, 0.3) is 0 Å². The highest BCUT2D eigenvalue weighted by Crippen LogP contribution is 2.19. The van der Waals surface area contributed by atoms with Crippen molar-refractivity contribution in [3.63, 3.8) is 0 Å². The number of pyridine rings is 1. The summed E-state index contributed by atoms with van der Waals surface area (Å²) < 4.78 is 42.9. The van der Waals surface area contributed by atoms with Crippen LogP contribution in [0.3, 0.4) is 0 Å². The van der Waals surface area contributed by atoms with Gasteiger partial charge in [0.05, 0.1) is 12.6 Å². The smallest absolute Gasteiger partial charge is 0.401 e. The standard InChI is InChI=1S/C17H26F3N5O.HI/c1-12(2)26-15-5-4-13(8-22-15)9-23-16(21-3)24-14-6-7-25(10-14)11-17(18,19)20;/h4-5,8,12,14H,6-7,9-11H2,1-3H3,(H2,21,23,24);1H. The monoisotopic (exact) mass is 501 g/mol. The first-order chi connectivity index (χ1) is 12.2. The first-order valence-electron chi connectivity index (χ1n) is 8.63. The van der Waals surface area contributed by atoms with Gasteiger partial charge >= 0.3 is 6.18 Å². The molecule has 1 aliphatic rings. The molecule has 10 heteroatoms. The van der Waals surface area contributed by atoms with E-state index in [-0.39, 0.29) is 36.1 Å². The molecule has 2 N–H and O–H groups in total. The van der Waals surface area contributed by atoms with Gasteiger partial charge in [-0.2, -0.15) is 13.2 Å². The number of nitrogens with one attached hydrogen (secondary N) is 2. The zero-order chi connectivity index (χ0) is 19.2. The third kappa shape index (κ3) is 8.96. The first-order valence-corrected chi connectivity index (χ1v) is 8.63. The average Bonchev–Trinajstić information content (AvgIpc) is 2.97.